The van der Waals surface area contributed by atoms with Crippen LogP contribution < -0.4 is 0 Å². The molecule has 138 valence electrons. The molecule has 0 radical (unpaired) electrons. The first kappa shape index (κ1) is 17.9. The van der Waals surface area contributed by atoms with Crippen LogP contribution in [0.15, 0.2) is 56.0 Å². The Morgan fingerprint density at radius 3 is 2.96 bits per heavy atom. The van der Waals surface area contributed by atoms with Crippen LogP contribution in [0.5, 0.6) is 0 Å². The van der Waals surface area contributed by atoms with Gasteiger partial charge in [-0.25, -0.2) is 4.98 Å². The molecular formula is C18H15N3O4S2. The number of H-pyrrole nitrogens is 1. The van der Waals surface area contributed by atoms with Crippen molar-refractivity contribution >= 4 is 51.8 Å². The van der Waals surface area contributed by atoms with E-state index in [9.17, 15) is 9.59 Å². The summed E-state index contributed by atoms with van der Waals surface area (Å²) in [4.78, 5) is 33.5. The predicted octanol–water partition coefficient (Wildman–Crippen LogP) is 3.99. The predicted molar refractivity (Wildman–Crippen MR) is 103 cm³/mol. The molecule has 0 spiro atoms. The number of hydrogen-bond donors (Lipinski definition) is 1. The third-order valence-corrected chi connectivity index (χ3v) is 5.55. The van der Waals surface area contributed by atoms with Crippen molar-refractivity contribution in [2.45, 2.75) is 10.2 Å². The summed E-state index contributed by atoms with van der Waals surface area (Å²) in [5, 5.41) is 1.06. The summed E-state index contributed by atoms with van der Waals surface area (Å²) in [5.41, 5.74) is 1.84. The monoisotopic (exact) mass is 401 g/mol. The lowest BCUT2D eigenvalue weighted by atomic mass is 10.3. The smallest absolute Gasteiger partial charge is 0.293 e. The van der Waals surface area contributed by atoms with E-state index in [1.54, 1.807) is 18.2 Å². The molecule has 4 rings (SSSR count). The Morgan fingerprint density at radius 2 is 2.15 bits per heavy atom. The third-order valence-electron chi connectivity index (χ3n) is 3.83. The lowest BCUT2D eigenvalue weighted by Crippen LogP contribution is -2.31. The fourth-order valence-electron chi connectivity index (χ4n) is 2.54. The number of imidazole rings is 1. The molecule has 0 atom stereocenters. The fourth-order valence-corrected chi connectivity index (χ4v) is 4.16. The molecular weight excluding hydrogens is 386 g/mol. The highest BCUT2D eigenvalue weighted by Gasteiger charge is 2.34. The lowest BCUT2D eigenvalue weighted by Gasteiger charge is -2.10. The number of amides is 2. The molecule has 1 aromatic carbocycles. The van der Waals surface area contributed by atoms with E-state index in [-0.39, 0.29) is 17.7 Å². The largest absolute Gasteiger partial charge is 0.450 e. The maximum atomic E-state index is 12.3. The lowest BCUT2D eigenvalue weighted by molar-refractivity contribution is -0.123. The van der Waals surface area contributed by atoms with E-state index < -0.39 is 0 Å². The summed E-state index contributed by atoms with van der Waals surface area (Å²) in [6.45, 7) is 0.550. The first-order chi connectivity index (χ1) is 13.1. The number of furan rings is 1. The van der Waals surface area contributed by atoms with Crippen LogP contribution in [0.4, 0.5) is 4.79 Å². The van der Waals surface area contributed by atoms with Crippen molar-refractivity contribution < 1.29 is 18.7 Å². The molecule has 1 aliphatic rings. The van der Waals surface area contributed by atoms with Gasteiger partial charge in [-0.2, -0.15) is 0 Å². The molecule has 9 heteroatoms. The van der Waals surface area contributed by atoms with Gasteiger partial charge in [0.25, 0.3) is 11.1 Å². The summed E-state index contributed by atoms with van der Waals surface area (Å²) < 4.78 is 10.7. The second-order valence-corrected chi connectivity index (χ2v) is 7.63. The normalized spacial score (nSPS) is 16.2. The van der Waals surface area contributed by atoms with Gasteiger partial charge in [-0.05, 0) is 47.8 Å². The minimum absolute atomic E-state index is 0.240. The van der Waals surface area contributed by atoms with Gasteiger partial charge in [-0.15, -0.1) is 0 Å². The molecule has 3 heterocycles. The van der Waals surface area contributed by atoms with Crippen LogP contribution in [0.3, 0.4) is 0 Å². The number of ether oxygens (including phenoxy) is 1. The quantitative estimate of drug-likeness (QED) is 0.625. The van der Waals surface area contributed by atoms with Crippen LogP contribution >= 0.6 is 23.5 Å². The molecule has 2 amide bonds. The van der Waals surface area contributed by atoms with E-state index in [1.165, 1.54) is 23.8 Å². The number of hydrogen-bond acceptors (Lipinski definition) is 7. The van der Waals surface area contributed by atoms with Crippen molar-refractivity contribution in [3.63, 3.8) is 0 Å². The number of aromatic amines is 1. The Kier molecular flexibility index (Phi) is 5.06. The van der Waals surface area contributed by atoms with Crippen molar-refractivity contribution in [1.29, 1.82) is 0 Å². The van der Waals surface area contributed by atoms with Crippen LogP contribution in [-0.4, -0.2) is 46.3 Å². The van der Waals surface area contributed by atoms with Crippen molar-refractivity contribution in [3.8, 4) is 0 Å². The molecule has 2 aromatic heterocycles. The number of fused-ring (bicyclic) bond motifs is 1. The molecule has 3 aromatic rings. The Hall–Kier alpha value is -2.49. The second kappa shape index (κ2) is 7.63. The van der Waals surface area contributed by atoms with E-state index in [0.29, 0.717) is 22.4 Å². The molecule has 0 aliphatic carbocycles. The van der Waals surface area contributed by atoms with Crippen molar-refractivity contribution in [2.75, 3.05) is 20.3 Å². The zero-order valence-electron chi connectivity index (χ0n) is 14.3. The first-order valence-corrected chi connectivity index (χ1v) is 9.74. The Bertz CT molecular complexity index is 1010. The molecule has 27 heavy (non-hydrogen) atoms. The number of nitrogens with one attached hydrogen (secondary N) is 1. The van der Waals surface area contributed by atoms with Crippen LogP contribution in [0.2, 0.25) is 0 Å². The van der Waals surface area contributed by atoms with Crippen molar-refractivity contribution in [3.05, 3.63) is 47.1 Å². The highest BCUT2D eigenvalue weighted by molar-refractivity contribution is 8.18. The number of benzene rings is 1. The number of para-hydroxylation sites is 2. The average Bonchev–Trinajstić information content (AvgIpc) is 3.33. The number of imide groups is 1. The maximum Gasteiger partial charge on any atom is 0.293 e. The minimum atomic E-state index is -0.329. The highest BCUT2D eigenvalue weighted by Crippen LogP contribution is 2.34. The van der Waals surface area contributed by atoms with Crippen LogP contribution in [-0.2, 0) is 9.53 Å². The highest BCUT2D eigenvalue weighted by atomic mass is 32.2. The van der Waals surface area contributed by atoms with Crippen LogP contribution in [0, 0.1) is 0 Å². The van der Waals surface area contributed by atoms with Crippen molar-refractivity contribution in [2.24, 2.45) is 0 Å². The van der Waals surface area contributed by atoms with Crippen LogP contribution in [0.25, 0.3) is 17.1 Å². The van der Waals surface area contributed by atoms with E-state index >= 15 is 0 Å². The molecule has 0 unspecified atom stereocenters. The number of carbonyl (C=O) groups is 2. The number of aromatic nitrogens is 2. The van der Waals surface area contributed by atoms with Gasteiger partial charge in [0.1, 0.15) is 5.76 Å². The van der Waals surface area contributed by atoms with Gasteiger partial charge >= 0.3 is 0 Å². The third kappa shape index (κ3) is 3.80. The zero-order valence-corrected chi connectivity index (χ0v) is 15.9. The molecule has 1 fully saturated rings. The van der Waals surface area contributed by atoms with Gasteiger partial charge in [0.15, 0.2) is 10.2 Å². The number of thioether (sulfide) groups is 1. The van der Waals surface area contributed by atoms with Gasteiger partial charge < -0.3 is 14.1 Å². The molecule has 0 bridgehead atoms. The summed E-state index contributed by atoms with van der Waals surface area (Å²) >= 11 is 2.26. The average molecular weight is 401 g/mol. The van der Waals surface area contributed by atoms with Crippen molar-refractivity contribution in [1.82, 2.24) is 14.9 Å². The molecule has 1 saturated heterocycles. The zero-order chi connectivity index (χ0) is 18.8. The first-order valence-electron chi connectivity index (χ1n) is 8.11. The number of nitrogens with zero attached hydrogens (tertiary/aromatic N) is 2. The standard InChI is InChI=1S/C18H15N3O4S2/c1-24-9-8-21-16(22)14(26-18(21)23)10-11-6-7-15(25-11)27-17-19-12-4-2-3-5-13(12)20-17/h2-7,10H,8-9H2,1H3,(H,19,20)/b14-10+. The number of rotatable bonds is 6. The number of carbonyl (C=O) groups excluding carboxylic acids is 2. The summed E-state index contributed by atoms with van der Waals surface area (Å²) in [7, 11) is 1.53. The summed E-state index contributed by atoms with van der Waals surface area (Å²) in [5.74, 6) is 0.177. The number of methoxy groups -OCH3 is 1. The van der Waals surface area contributed by atoms with E-state index in [1.807, 2.05) is 24.3 Å². The maximum absolute atomic E-state index is 12.3. The van der Waals surface area contributed by atoms with Gasteiger partial charge in [0.2, 0.25) is 0 Å². The van der Waals surface area contributed by atoms with E-state index in [0.717, 1.165) is 28.0 Å². The van der Waals surface area contributed by atoms with Crippen LogP contribution in [0.1, 0.15) is 5.76 Å². The van der Waals surface area contributed by atoms with Gasteiger partial charge in [0.05, 0.1) is 29.1 Å². The molecule has 1 N–H and O–H groups in total. The summed E-state index contributed by atoms with van der Waals surface area (Å²) in [6.07, 6.45) is 1.58. The second-order valence-electron chi connectivity index (χ2n) is 5.64. The molecule has 0 saturated carbocycles. The van der Waals surface area contributed by atoms with E-state index in [4.69, 9.17) is 9.15 Å². The Labute approximate surface area is 163 Å². The minimum Gasteiger partial charge on any atom is -0.450 e. The van der Waals surface area contributed by atoms with Gasteiger partial charge in [0, 0.05) is 13.2 Å². The molecule has 1 aliphatic heterocycles. The van der Waals surface area contributed by atoms with E-state index in [2.05, 4.69) is 9.97 Å². The molecule has 7 nitrogen and oxygen atoms in total. The van der Waals surface area contributed by atoms with Gasteiger partial charge in [-0.1, -0.05) is 12.1 Å². The topological polar surface area (TPSA) is 88.4 Å². The summed E-state index contributed by atoms with van der Waals surface area (Å²) in [6, 6.07) is 11.3. The van der Waals surface area contributed by atoms with Gasteiger partial charge in [-0.3, -0.25) is 14.5 Å². The SMILES string of the molecule is COCCN1C(=O)S/C(=C/c2ccc(Sc3nc4ccccc4[nH]3)o2)C1=O. The Balaban J connectivity index is 1.48. The Morgan fingerprint density at radius 1 is 1.30 bits per heavy atom. The fraction of sp³-hybridized carbons (Fsp3) is 0.167.